The highest BCUT2D eigenvalue weighted by Crippen LogP contribution is 2.35. The molecule has 10 heteroatoms. The number of rotatable bonds is 7. The number of aldehydes is 1. The standard InChI is InChI=1S/C22H21F3N4O3/c1-13(22(23,24)25)29-20(26)17(12-30)19(28-29)15-9-7-14(8-10-15)11-27-21(31)16-5-3-4-6-18(16)32-2/h3-10,12-13H,11,26H2,1-2H3,(H,27,31). The molecular formula is C22H21F3N4O3. The number of halogens is 3. The molecule has 1 heterocycles. The fourth-order valence-electron chi connectivity index (χ4n) is 3.11. The van der Waals surface area contributed by atoms with E-state index in [1.807, 2.05) is 0 Å². The van der Waals surface area contributed by atoms with Crippen molar-refractivity contribution in [2.24, 2.45) is 0 Å². The summed E-state index contributed by atoms with van der Waals surface area (Å²) in [5, 5.41) is 6.71. The molecule has 7 nitrogen and oxygen atoms in total. The molecule has 3 N–H and O–H groups in total. The van der Waals surface area contributed by atoms with E-state index in [1.54, 1.807) is 48.5 Å². The predicted octanol–water partition coefficient (Wildman–Crippen LogP) is 4.01. The van der Waals surface area contributed by atoms with Crippen LogP contribution < -0.4 is 15.8 Å². The van der Waals surface area contributed by atoms with Crippen molar-refractivity contribution in [2.75, 3.05) is 12.8 Å². The topological polar surface area (TPSA) is 99.2 Å². The molecule has 3 aromatic rings. The number of nitrogens with two attached hydrogens (primary N) is 1. The zero-order valence-electron chi connectivity index (χ0n) is 17.3. The van der Waals surface area contributed by atoms with Crippen LogP contribution in [0.25, 0.3) is 11.3 Å². The van der Waals surface area contributed by atoms with Crippen molar-refractivity contribution in [1.82, 2.24) is 15.1 Å². The number of ether oxygens (including phenoxy) is 1. The average molecular weight is 446 g/mol. The Morgan fingerprint density at radius 2 is 1.88 bits per heavy atom. The van der Waals surface area contributed by atoms with E-state index in [0.717, 1.165) is 12.5 Å². The van der Waals surface area contributed by atoms with Gasteiger partial charge in [0, 0.05) is 12.1 Å². The van der Waals surface area contributed by atoms with E-state index in [1.165, 1.54) is 7.11 Å². The zero-order valence-corrected chi connectivity index (χ0v) is 17.3. The molecular weight excluding hydrogens is 425 g/mol. The fraction of sp³-hybridized carbons (Fsp3) is 0.227. The maximum atomic E-state index is 13.1. The Balaban J connectivity index is 1.79. The number of carbonyl (C=O) groups is 2. The molecule has 0 aliphatic carbocycles. The molecule has 3 rings (SSSR count). The van der Waals surface area contributed by atoms with Crippen LogP contribution in [-0.4, -0.2) is 35.3 Å². The molecule has 168 valence electrons. The van der Waals surface area contributed by atoms with Crippen molar-refractivity contribution in [2.45, 2.75) is 25.7 Å². The molecule has 32 heavy (non-hydrogen) atoms. The largest absolute Gasteiger partial charge is 0.496 e. The van der Waals surface area contributed by atoms with Crippen LogP contribution in [0.2, 0.25) is 0 Å². The number of benzene rings is 2. The van der Waals surface area contributed by atoms with E-state index >= 15 is 0 Å². The monoisotopic (exact) mass is 446 g/mol. The number of aromatic nitrogens is 2. The minimum absolute atomic E-state index is 0.0539. The first-order chi connectivity index (χ1) is 15.2. The lowest BCUT2D eigenvalue weighted by atomic mass is 10.1. The van der Waals surface area contributed by atoms with Crippen LogP contribution >= 0.6 is 0 Å². The Hall–Kier alpha value is -3.82. The van der Waals surface area contributed by atoms with Crippen molar-refractivity contribution < 1.29 is 27.5 Å². The second-order valence-electron chi connectivity index (χ2n) is 7.01. The second-order valence-corrected chi connectivity index (χ2v) is 7.01. The van der Waals surface area contributed by atoms with Gasteiger partial charge in [0.05, 0.1) is 18.2 Å². The van der Waals surface area contributed by atoms with Gasteiger partial charge in [0.15, 0.2) is 6.29 Å². The lowest BCUT2D eigenvalue weighted by molar-refractivity contribution is -0.164. The minimum atomic E-state index is -4.57. The van der Waals surface area contributed by atoms with Crippen LogP contribution in [0.5, 0.6) is 5.75 Å². The van der Waals surface area contributed by atoms with Gasteiger partial charge in [-0.15, -0.1) is 0 Å². The number of alkyl halides is 3. The van der Waals surface area contributed by atoms with Gasteiger partial charge in [0.1, 0.15) is 23.3 Å². The minimum Gasteiger partial charge on any atom is -0.496 e. The van der Waals surface area contributed by atoms with Crippen LogP contribution in [0, 0.1) is 0 Å². The normalized spacial score (nSPS) is 12.3. The molecule has 0 saturated carbocycles. The van der Waals surface area contributed by atoms with Gasteiger partial charge in [-0.3, -0.25) is 9.59 Å². The number of nitrogens with one attached hydrogen (secondary N) is 1. The van der Waals surface area contributed by atoms with Crippen LogP contribution in [0.4, 0.5) is 19.0 Å². The Labute approximate surface area is 182 Å². The first kappa shape index (κ1) is 22.9. The Morgan fingerprint density at radius 3 is 2.47 bits per heavy atom. The molecule has 0 spiro atoms. The molecule has 0 radical (unpaired) electrons. The number of hydrogen-bond acceptors (Lipinski definition) is 5. The second kappa shape index (κ2) is 9.13. The maximum absolute atomic E-state index is 13.1. The summed E-state index contributed by atoms with van der Waals surface area (Å²) in [7, 11) is 1.47. The van der Waals surface area contributed by atoms with E-state index in [9.17, 15) is 22.8 Å². The first-order valence-corrected chi connectivity index (χ1v) is 9.57. The summed E-state index contributed by atoms with van der Waals surface area (Å²) in [6.07, 6.45) is -4.18. The van der Waals surface area contributed by atoms with Gasteiger partial charge < -0.3 is 15.8 Å². The molecule has 2 aromatic carbocycles. The number of nitrogens with zero attached hydrogens (tertiary/aromatic N) is 2. The van der Waals surface area contributed by atoms with Crippen molar-refractivity contribution in [3.05, 3.63) is 65.2 Å². The third kappa shape index (κ3) is 4.58. The summed E-state index contributed by atoms with van der Waals surface area (Å²) in [6, 6.07) is 11.4. The maximum Gasteiger partial charge on any atom is 0.410 e. The average Bonchev–Trinajstić information content (AvgIpc) is 3.12. The van der Waals surface area contributed by atoms with Crippen molar-refractivity contribution in [1.29, 1.82) is 0 Å². The molecule has 0 saturated heterocycles. The number of hydrogen-bond donors (Lipinski definition) is 2. The van der Waals surface area contributed by atoms with Gasteiger partial charge in [0.2, 0.25) is 0 Å². The molecule has 1 amide bonds. The lowest BCUT2D eigenvalue weighted by Crippen LogP contribution is -2.25. The summed E-state index contributed by atoms with van der Waals surface area (Å²) < 4.78 is 45.0. The Morgan fingerprint density at radius 1 is 1.22 bits per heavy atom. The highest BCUT2D eigenvalue weighted by atomic mass is 19.4. The molecule has 1 atom stereocenters. The number of methoxy groups -OCH3 is 1. The molecule has 1 aromatic heterocycles. The molecule has 0 aliphatic rings. The van der Waals surface area contributed by atoms with Crippen molar-refractivity contribution in [3.8, 4) is 17.0 Å². The van der Waals surface area contributed by atoms with Crippen LogP contribution in [-0.2, 0) is 6.54 Å². The summed E-state index contributed by atoms with van der Waals surface area (Å²) in [5.74, 6) is -0.224. The number of anilines is 1. The number of carbonyl (C=O) groups excluding carboxylic acids is 2. The number of para-hydroxylation sites is 1. The molecule has 0 fully saturated rings. The first-order valence-electron chi connectivity index (χ1n) is 9.57. The third-order valence-electron chi connectivity index (χ3n) is 4.98. The summed E-state index contributed by atoms with van der Waals surface area (Å²) in [4.78, 5) is 23.9. The zero-order chi connectivity index (χ0) is 23.5. The molecule has 0 aliphatic heterocycles. The summed E-state index contributed by atoms with van der Waals surface area (Å²) >= 11 is 0. The lowest BCUT2D eigenvalue weighted by Gasteiger charge is -2.17. The van der Waals surface area contributed by atoms with Gasteiger partial charge in [-0.2, -0.15) is 18.3 Å². The van der Waals surface area contributed by atoms with Gasteiger partial charge in [-0.1, -0.05) is 36.4 Å². The number of nitrogen functional groups attached to an aromatic ring is 1. The smallest absolute Gasteiger partial charge is 0.410 e. The fourth-order valence-corrected chi connectivity index (χ4v) is 3.11. The van der Waals surface area contributed by atoms with Gasteiger partial charge in [-0.05, 0) is 24.6 Å². The van der Waals surface area contributed by atoms with Crippen molar-refractivity contribution in [3.63, 3.8) is 0 Å². The summed E-state index contributed by atoms with van der Waals surface area (Å²) in [6.45, 7) is 1.12. The highest BCUT2D eigenvalue weighted by molar-refractivity contribution is 5.97. The third-order valence-corrected chi connectivity index (χ3v) is 4.98. The van der Waals surface area contributed by atoms with Crippen molar-refractivity contribution >= 4 is 18.0 Å². The van der Waals surface area contributed by atoms with Gasteiger partial charge in [0.25, 0.3) is 5.91 Å². The Kier molecular flexibility index (Phi) is 6.52. The SMILES string of the molecule is COc1ccccc1C(=O)NCc1ccc(-c2nn(C(C)C(F)(F)F)c(N)c2C=O)cc1. The van der Waals surface area contributed by atoms with E-state index < -0.39 is 12.2 Å². The predicted molar refractivity (Wildman–Crippen MR) is 112 cm³/mol. The van der Waals surface area contributed by atoms with E-state index in [-0.39, 0.29) is 29.5 Å². The van der Waals surface area contributed by atoms with E-state index in [4.69, 9.17) is 10.5 Å². The van der Waals surface area contributed by atoms with Crippen LogP contribution in [0.1, 0.15) is 39.2 Å². The molecule has 0 bridgehead atoms. The van der Waals surface area contributed by atoms with Gasteiger partial charge in [-0.25, -0.2) is 4.68 Å². The highest BCUT2D eigenvalue weighted by Gasteiger charge is 2.40. The van der Waals surface area contributed by atoms with E-state index in [0.29, 0.717) is 27.8 Å². The van der Waals surface area contributed by atoms with Crippen LogP contribution in [0.15, 0.2) is 48.5 Å². The quantitative estimate of drug-likeness (QED) is 0.535. The van der Waals surface area contributed by atoms with Gasteiger partial charge >= 0.3 is 6.18 Å². The summed E-state index contributed by atoms with van der Waals surface area (Å²) in [5.41, 5.74) is 7.24. The number of amides is 1. The molecule has 1 unspecified atom stereocenters. The Bertz CT molecular complexity index is 1120. The van der Waals surface area contributed by atoms with E-state index in [2.05, 4.69) is 10.4 Å². The van der Waals surface area contributed by atoms with Crippen LogP contribution in [0.3, 0.4) is 0 Å².